The van der Waals surface area contributed by atoms with Gasteiger partial charge in [-0.15, -0.1) is 21.5 Å². The summed E-state index contributed by atoms with van der Waals surface area (Å²) in [6.07, 6.45) is 2.45. The fraction of sp³-hybridized carbons (Fsp3) is 0.556. The van der Waals surface area contributed by atoms with E-state index in [-0.39, 0.29) is 0 Å². The van der Waals surface area contributed by atoms with E-state index in [9.17, 15) is 0 Å². The molecule has 1 saturated heterocycles. The highest BCUT2D eigenvalue weighted by Gasteiger charge is 2.26. The van der Waals surface area contributed by atoms with Gasteiger partial charge in [-0.3, -0.25) is 4.90 Å². The summed E-state index contributed by atoms with van der Waals surface area (Å²) in [7, 11) is 0. The van der Waals surface area contributed by atoms with Crippen molar-refractivity contribution in [1.82, 2.24) is 15.1 Å². The summed E-state index contributed by atoms with van der Waals surface area (Å²) in [5, 5.41) is 10.6. The zero-order valence-electron chi connectivity index (χ0n) is 14.4. The summed E-state index contributed by atoms with van der Waals surface area (Å²) in [4.78, 5) is 2.49. The largest absolute Gasteiger partial charge is 0.490 e. The summed E-state index contributed by atoms with van der Waals surface area (Å²) in [5.41, 5.74) is 2.61. The molecule has 2 aromatic rings. The summed E-state index contributed by atoms with van der Waals surface area (Å²) in [6.45, 7) is 10.6. The van der Waals surface area contributed by atoms with Gasteiger partial charge >= 0.3 is 0 Å². The first-order valence-corrected chi connectivity index (χ1v) is 9.12. The lowest BCUT2D eigenvalue weighted by Crippen LogP contribution is -2.39. The van der Waals surface area contributed by atoms with E-state index in [0.29, 0.717) is 12.1 Å². The molecular weight excluding hydrogens is 306 g/mol. The van der Waals surface area contributed by atoms with E-state index >= 15 is 0 Å². The molecule has 1 atom stereocenters. The van der Waals surface area contributed by atoms with Gasteiger partial charge in [0.2, 0.25) is 0 Å². The van der Waals surface area contributed by atoms with Gasteiger partial charge in [0.25, 0.3) is 0 Å². The molecule has 1 aliphatic heterocycles. The van der Waals surface area contributed by atoms with Crippen LogP contribution in [0.15, 0.2) is 18.2 Å². The second kappa shape index (κ2) is 6.97. The molecule has 1 fully saturated rings. The third kappa shape index (κ3) is 3.90. The third-order valence-electron chi connectivity index (χ3n) is 4.70. The quantitative estimate of drug-likeness (QED) is 0.846. The molecule has 0 N–H and O–H groups in total. The number of aromatic nitrogens is 2. The van der Waals surface area contributed by atoms with Crippen LogP contribution < -0.4 is 4.74 Å². The summed E-state index contributed by atoms with van der Waals surface area (Å²) in [5.74, 6) is 0.999. The number of hydrogen-bond donors (Lipinski definition) is 0. The van der Waals surface area contributed by atoms with E-state index in [1.807, 2.05) is 6.92 Å². The Balaban J connectivity index is 1.54. The van der Waals surface area contributed by atoms with Crippen LogP contribution in [-0.4, -0.2) is 34.3 Å². The van der Waals surface area contributed by atoms with Gasteiger partial charge in [-0.25, -0.2) is 0 Å². The lowest BCUT2D eigenvalue weighted by Gasteiger charge is -2.35. The molecule has 1 aromatic carbocycles. The average Bonchev–Trinajstić information content (AvgIpc) is 2.97. The molecule has 0 bridgehead atoms. The van der Waals surface area contributed by atoms with Crippen molar-refractivity contribution >= 4 is 11.3 Å². The Morgan fingerprint density at radius 1 is 1.13 bits per heavy atom. The van der Waals surface area contributed by atoms with E-state index < -0.39 is 0 Å². The molecule has 0 amide bonds. The Hall–Kier alpha value is -1.46. The standard InChI is InChI=1S/C18H25N3OS/c1-12-5-6-17(11-13(12)2)22-16-7-9-21(10-8-16)14(3)18-20-19-15(4)23-18/h5-6,11,14,16H,7-10H2,1-4H3/t14-/m0/s1. The maximum atomic E-state index is 6.18. The van der Waals surface area contributed by atoms with Crippen molar-refractivity contribution in [2.75, 3.05) is 13.1 Å². The highest BCUT2D eigenvalue weighted by atomic mass is 32.1. The van der Waals surface area contributed by atoms with Gasteiger partial charge in [-0.1, -0.05) is 6.07 Å². The van der Waals surface area contributed by atoms with Crippen LogP contribution in [0.3, 0.4) is 0 Å². The van der Waals surface area contributed by atoms with Crippen LogP contribution in [0.25, 0.3) is 0 Å². The topological polar surface area (TPSA) is 38.2 Å². The number of piperidine rings is 1. The van der Waals surface area contributed by atoms with Crippen LogP contribution in [0, 0.1) is 20.8 Å². The molecule has 3 rings (SSSR count). The minimum Gasteiger partial charge on any atom is -0.490 e. The normalized spacial score (nSPS) is 18.1. The van der Waals surface area contributed by atoms with E-state index in [0.717, 1.165) is 41.7 Å². The van der Waals surface area contributed by atoms with Gasteiger partial charge in [0.1, 0.15) is 21.9 Å². The predicted molar refractivity (Wildman–Crippen MR) is 94.2 cm³/mol. The van der Waals surface area contributed by atoms with Crippen LogP contribution in [0.4, 0.5) is 0 Å². The fourth-order valence-corrected chi connectivity index (χ4v) is 3.78. The molecule has 0 aliphatic carbocycles. The molecule has 1 aromatic heterocycles. The number of hydrogen-bond acceptors (Lipinski definition) is 5. The van der Waals surface area contributed by atoms with Crippen molar-refractivity contribution in [3.05, 3.63) is 39.3 Å². The van der Waals surface area contributed by atoms with Gasteiger partial charge in [-0.2, -0.15) is 0 Å². The monoisotopic (exact) mass is 331 g/mol. The predicted octanol–water partition coefficient (Wildman–Crippen LogP) is 4.07. The lowest BCUT2D eigenvalue weighted by atomic mass is 10.1. The van der Waals surface area contributed by atoms with E-state index in [2.05, 4.69) is 54.1 Å². The second-order valence-corrected chi connectivity index (χ2v) is 7.65. The van der Waals surface area contributed by atoms with Gasteiger partial charge in [-0.05, 0) is 63.8 Å². The first-order valence-electron chi connectivity index (χ1n) is 8.31. The van der Waals surface area contributed by atoms with Crippen molar-refractivity contribution in [2.24, 2.45) is 0 Å². The Morgan fingerprint density at radius 3 is 2.48 bits per heavy atom. The maximum absolute atomic E-state index is 6.18. The smallest absolute Gasteiger partial charge is 0.134 e. The Kier molecular flexibility index (Phi) is 4.97. The van der Waals surface area contributed by atoms with Crippen LogP contribution in [-0.2, 0) is 0 Å². The van der Waals surface area contributed by atoms with E-state index in [1.54, 1.807) is 11.3 Å². The van der Waals surface area contributed by atoms with Gasteiger partial charge in [0, 0.05) is 13.1 Å². The van der Waals surface area contributed by atoms with E-state index in [4.69, 9.17) is 4.74 Å². The summed E-state index contributed by atoms with van der Waals surface area (Å²) < 4.78 is 6.18. The first kappa shape index (κ1) is 16.4. The SMILES string of the molecule is Cc1nnc([C@H](C)N2CCC(Oc3ccc(C)c(C)c3)CC2)s1. The van der Waals surface area contributed by atoms with Gasteiger partial charge in [0.05, 0.1) is 6.04 Å². The van der Waals surface area contributed by atoms with E-state index in [1.165, 1.54) is 11.1 Å². The molecule has 23 heavy (non-hydrogen) atoms. The lowest BCUT2D eigenvalue weighted by molar-refractivity contribution is 0.0794. The maximum Gasteiger partial charge on any atom is 0.134 e. The van der Waals surface area contributed by atoms with Crippen LogP contribution in [0.5, 0.6) is 5.75 Å². The molecule has 5 heteroatoms. The molecule has 4 nitrogen and oxygen atoms in total. The van der Waals surface area contributed by atoms with Crippen molar-refractivity contribution in [1.29, 1.82) is 0 Å². The van der Waals surface area contributed by atoms with Crippen LogP contribution >= 0.6 is 11.3 Å². The number of ether oxygens (including phenoxy) is 1. The zero-order chi connectivity index (χ0) is 16.4. The molecule has 2 heterocycles. The Labute approximate surface area is 142 Å². The molecule has 0 saturated carbocycles. The molecule has 0 spiro atoms. The Morgan fingerprint density at radius 2 is 1.87 bits per heavy atom. The van der Waals surface area contributed by atoms with Crippen LogP contribution in [0.2, 0.25) is 0 Å². The number of nitrogens with zero attached hydrogens (tertiary/aromatic N) is 3. The van der Waals surface area contributed by atoms with Crippen molar-refractivity contribution in [3.63, 3.8) is 0 Å². The summed E-state index contributed by atoms with van der Waals surface area (Å²) >= 11 is 1.70. The molecule has 124 valence electrons. The molecular formula is C18H25N3OS. The molecule has 1 aliphatic rings. The number of rotatable bonds is 4. The van der Waals surface area contributed by atoms with Crippen molar-refractivity contribution in [2.45, 2.75) is 52.7 Å². The number of benzene rings is 1. The van der Waals surface area contributed by atoms with Crippen molar-refractivity contribution < 1.29 is 4.74 Å². The number of aryl methyl sites for hydroxylation is 3. The minimum absolute atomic E-state index is 0.316. The van der Waals surface area contributed by atoms with Crippen LogP contribution in [0.1, 0.15) is 46.9 Å². The summed E-state index contributed by atoms with van der Waals surface area (Å²) in [6, 6.07) is 6.72. The second-order valence-electron chi connectivity index (χ2n) is 6.43. The van der Waals surface area contributed by atoms with Crippen molar-refractivity contribution in [3.8, 4) is 5.75 Å². The fourth-order valence-electron chi connectivity index (χ4n) is 3.00. The first-order chi connectivity index (χ1) is 11.0. The molecule has 0 unspecified atom stereocenters. The zero-order valence-corrected chi connectivity index (χ0v) is 15.2. The Bertz CT molecular complexity index is 662. The van der Waals surface area contributed by atoms with Gasteiger partial charge < -0.3 is 4.74 Å². The third-order valence-corrected chi connectivity index (χ3v) is 5.71. The number of likely N-dealkylation sites (tertiary alicyclic amines) is 1. The molecule has 0 radical (unpaired) electrons. The minimum atomic E-state index is 0.316. The highest BCUT2D eigenvalue weighted by molar-refractivity contribution is 7.11. The average molecular weight is 331 g/mol. The van der Waals surface area contributed by atoms with Gasteiger partial charge in [0.15, 0.2) is 0 Å². The highest BCUT2D eigenvalue weighted by Crippen LogP contribution is 2.28.